The molecular formula is C10H11ClF2O. The van der Waals surface area contributed by atoms with E-state index in [4.69, 9.17) is 16.7 Å². The van der Waals surface area contributed by atoms with E-state index in [1.54, 1.807) is 13.8 Å². The molecule has 4 heteroatoms. The Bertz CT molecular complexity index is 327. The molecule has 0 atom stereocenters. The summed E-state index contributed by atoms with van der Waals surface area (Å²) in [5.74, 6) is -1.46. The van der Waals surface area contributed by atoms with Gasteiger partial charge in [-0.3, -0.25) is 0 Å². The zero-order chi connectivity index (χ0) is 10.9. The highest BCUT2D eigenvalue weighted by molar-refractivity contribution is 6.30. The van der Waals surface area contributed by atoms with E-state index in [1.807, 2.05) is 0 Å². The summed E-state index contributed by atoms with van der Waals surface area (Å²) in [5.41, 5.74) is -1.08. The van der Waals surface area contributed by atoms with Gasteiger partial charge in [0.15, 0.2) is 0 Å². The summed E-state index contributed by atoms with van der Waals surface area (Å²) in [4.78, 5) is 0. The van der Waals surface area contributed by atoms with Crippen molar-refractivity contribution in [3.63, 3.8) is 0 Å². The van der Waals surface area contributed by atoms with E-state index in [9.17, 15) is 8.78 Å². The molecule has 0 fully saturated rings. The number of hydrogen-bond acceptors (Lipinski definition) is 1. The van der Waals surface area contributed by atoms with Gasteiger partial charge in [0.05, 0.1) is 6.61 Å². The van der Waals surface area contributed by atoms with Crippen LogP contribution in [0.1, 0.15) is 19.4 Å². The summed E-state index contributed by atoms with van der Waals surface area (Å²) in [6, 6.07) is 2.08. The van der Waals surface area contributed by atoms with Crippen LogP contribution in [0.5, 0.6) is 0 Å². The van der Waals surface area contributed by atoms with Gasteiger partial charge in [0.25, 0.3) is 0 Å². The van der Waals surface area contributed by atoms with Crippen LogP contribution in [-0.2, 0) is 5.41 Å². The molecule has 1 N–H and O–H groups in total. The van der Waals surface area contributed by atoms with Crippen molar-refractivity contribution < 1.29 is 13.9 Å². The topological polar surface area (TPSA) is 20.2 Å². The van der Waals surface area contributed by atoms with Crippen LogP contribution in [0.15, 0.2) is 12.1 Å². The Morgan fingerprint density at radius 2 is 1.71 bits per heavy atom. The fraction of sp³-hybridized carbons (Fsp3) is 0.400. The van der Waals surface area contributed by atoms with E-state index < -0.39 is 17.0 Å². The third-order valence-electron chi connectivity index (χ3n) is 2.08. The van der Waals surface area contributed by atoms with Gasteiger partial charge in [-0.2, -0.15) is 0 Å². The van der Waals surface area contributed by atoms with Gasteiger partial charge in [0.2, 0.25) is 0 Å². The number of hydrogen-bond donors (Lipinski definition) is 1. The van der Waals surface area contributed by atoms with Gasteiger partial charge >= 0.3 is 0 Å². The fourth-order valence-electron chi connectivity index (χ4n) is 1.27. The average Bonchev–Trinajstić information content (AvgIpc) is 2.01. The lowest BCUT2D eigenvalue weighted by molar-refractivity contribution is 0.211. The summed E-state index contributed by atoms with van der Waals surface area (Å²) < 4.78 is 26.7. The largest absolute Gasteiger partial charge is 0.395 e. The number of aliphatic hydroxyl groups excluding tert-OH is 1. The summed E-state index contributed by atoms with van der Waals surface area (Å²) >= 11 is 5.47. The van der Waals surface area contributed by atoms with E-state index in [-0.39, 0.29) is 17.2 Å². The molecule has 0 heterocycles. The first-order valence-corrected chi connectivity index (χ1v) is 4.52. The predicted octanol–water partition coefficient (Wildman–Crippen LogP) is 2.89. The number of rotatable bonds is 2. The van der Waals surface area contributed by atoms with Crippen LogP contribution in [0.3, 0.4) is 0 Å². The fourth-order valence-corrected chi connectivity index (χ4v) is 1.46. The minimum absolute atomic E-state index is 0.0116. The highest BCUT2D eigenvalue weighted by atomic mass is 35.5. The lowest BCUT2D eigenvalue weighted by Crippen LogP contribution is -2.25. The van der Waals surface area contributed by atoms with Crippen LogP contribution in [0.4, 0.5) is 8.78 Å². The summed E-state index contributed by atoms with van der Waals surface area (Å²) in [5, 5.41) is 9.01. The second kappa shape index (κ2) is 3.83. The van der Waals surface area contributed by atoms with Crippen molar-refractivity contribution in [1.82, 2.24) is 0 Å². The number of aliphatic hydroxyl groups is 1. The quantitative estimate of drug-likeness (QED) is 0.813. The van der Waals surface area contributed by atoms with Gasteiger partial charge in [0, 0.05) is 16.0 Å². The SMILES string of the molecule is CC(C)(CO)c1c(F)cc(Cl)cc1F. The molecule has 0 unspecified atom stereocenters. The molecule has 78 valence electrons. The van der Waals surface area contributed by atoms with Gasteiger partial charge in [-0.05, 0) is 12.1 Å². The van der Waals surface area contributed by atoms with Gasteiger partial charge in [-0.1, -0.05) is 25.4 Å². The van der Waals surface area contributed by atoms with Crippen molar-refractivity contribution in [2.24, 2.45) is 0 Å². The Kier molecular flexibility index (Phi) is 3.12. The van der Waals surface area contributed by atoms with E-state index in [2.05, 4.69) is 0 Å². The molecule has 1 aromatic carbocycles. The first-order chi connectivity index (χ1) is 6.38. The molecule has 0 aliphatic heterocycles. The van der Waals surface area contributed by atoms with E-state index in [1.165, 1.54) is 0 Å². The van der Waals surface area contributed by atoms with E-state index in [0.29, 0.717) is 0 Å². The Labute approximate surface area is 86.3 Å². The van der Waals surface area contributed by atoms with E-state index >= 15 is 0 Å². The molecule has 1 nitrogen and oxygen atoms in total. The smallest absolute Gasteiger partial charge is 0.131 e. The Morgan fingerprint density at radius 3 is 2.07 bits per heavy atom. The first kappa shape index (κ1) is 11.4. The van der Waals surface area contributed by atoms with Crippen molar-refractivity contribution in [3.8, 4) is 0 Å². The number of benzene rings is 1. The lowest BCUT2D eigenvalue weighted by atomic mass is 9.85. The molecule has 0 spiro atoms. The molecule has 0 bridgehead atoms. The Hall–Kier alpha value is -0.670. The van der Waals surface area contributed by atoms with Crippen LogP contribution in [0.2, 0.25) is 5.02 Å². The minimum atomic E-state index is -0.946. The molecule has 1 rings (SSSR count). The lowest BCUT2D eigenvalue weighted by Gasteiger charge is -2.23. The summed E-state index contributed by atoms with van der Waals surface area (Å²) in [6.45, 7) is 2.78. The van der Waals surface area contributed by atoms with Crippen LogP contribution >= 0.6 is 11.6 Å². The average molecular weight is 221 g/mol. The molecule has 0 aliphatic rings. The molecule has 1 aromatic rings. The van der Waals surface area contributed by atoms with Gasteiger partial charge in [0.1, 0.15) is 11.6 Å². The van der Waals surface area contributed by atoms with Crippen molar-refractivity contribution in [1.29, 1.82) is 0 Å². The van der Waals surface area contributed by atoms with Gasteiger partial charge in [-0.15, -0.1) is 0 Å². The molecule has 0 radical (unpaired) electrons. The Balaban J connectivity index is 3.35. The molecule has 0 saturated carbocycles. The Morgan fingerprint density at radius 1 is 1.29 bits per heavy atom. The van der Waals surface area contributed by atoms with Crippen molar-refractivity contribution in [3.05, 3.63) is 34.4 Å². The highest BCUT2D eigenvalue weighted by Crippen LogP contribution is 2.29. The van der Waals surface area contributed by atoms with Gasteiger partial charge < -0.3 is 5.11 Å². The summed E-state index contributed by atoms with van der Waals surface area (Å²) in [7, 11) is 0. The second-order valence-electron chi connectivity index (χ2n) is 3.79. The second-order valence-corrected chi connectivity index (χ2v) is 4.22. The molecule has 0 saturated heterocycles. The molecule has 14 heavy (non-hydrogen) atoms. The van der Waals surface area contributed by atoms with Crippen LogP contribution in [-0.4, -0.2) is 11.7 Å². The van der Waals surface area contributed by atoms with Crippen LogP contribution in [0, 0.1) is 11.6 Å². The number of halogens is 3. The van der Waals surface area contributed by atoms with Crippen LogP contribution in [0.25, 0.3) is 0 Å². The normalized spacial score (nSPS) is 11.9. The minimum Gasteiger partial charge on any atom is -0.395 e. The van der Waals surface area contributed by atoms with Crippen molar-refractivity contribution in [2.75, 3.05) is 6.61 Å². The standard InChI is InChI=1S/C10H11ClF2O/c1-10(2,5-14)9-7(12)3-6(11)4-8(9)13/h3-4,14H,5H2,1-2H3. The third-order valence-corrected chi connectivity index (χ3v) is 2.30. The molecule has 0 aromatic heterocycles. The predicted molar refractivity (Wildman–Crippen MR) is 51.5 cm³/mol. The van der Waals surface area contributed by atoms with Gasteiger partial charge in [-0.25, -0.2) is 8.78 Å². The monoisotopic (exact) mass is 220 g/mol. The maximum atomic E-state index is 13.4. The maximum absolute atomic E-state index is 13.4. The highest BCUT2D eigenvalue weighted by Gasteiger charge is 2.27. The molecule has 0 aliphatic carbocycles. The first-order valence-electron chi connectivity index (χ1n) is 4.14. The van der Waals surface area contributed by atoms with E-state index in [0.717, 1.165) is 12.1 Å². The van der Waals surface area contributed by atoms with Crippen molar-refractivity contribution in [2.45, 2.75) is 19.3 Å². The molecule has 0 amide bonds. The van der Waals surface area contributed by atoms with Crippen molar-refractivity contribution >= 4 is 11.6 Å². The summed E-state index contributed by atoms with van der Waals surface area (Å²) in [6.07, 6.45) is 0. The third kappa shape index (κ3) is 2.04. The zero-order valence-electron chi connectivity index (χ0n) is 7.94. The van der Waals surface area contributed by atoms with Crippen LogP contribution < -0.4 is 0 Å². The maximum Gasteiger partial charge on any atom is 0.131 e. The zero-order valence-corrected chi connectivity index (χ0v) is 8.70. The molecular weight excluding hydrogens is 210 g/mol.